The van der Waals surface area contributed by atoms with Crippen LogP contribution in [0.2, 0.25) is 5.02 Å². The standard InChI is InChI=1S/C13H18ClN3O2/c1-19-9-3-2-4-17(7-9)12-10(13(16)18)5-8(15)6-11(12)14/h5-6,9H,2-4,7,15H2,1H3,(H2,16,18). The highest BCUT2D eigenvalue weighted by Crippen LogP contribution is 2.34. The molecule has 0 spiro atoms. The minimum Gasteiger partial charge on any atom is -0.399 e. The van der Waals surface area contributed by atoms with Crippen molar-refractivity contribution in [1.29, 1.82) is 0 Å². The maximum atomic E-state index is 11.6. The molecule has 1 aliphatic heterocycles. The van der Waals surface area contributed by atoms with Gasteiger partial charge in [-0.2, -0.15) is 0 Å². The van der Waals surface area contributed by atoms with Gasteiger partial charge in [0, 0.05) is 25.9 Å². The summed E-state index contributed by atoms with van der Waals surface area (Å²) < 4.78 is 5.38. The van der Waals surface area contributed by atoms with E-state index in [1.54, 1.807) is 19.2 Å². The number of nitrogens with two attached hydrogens (primary N) is 2. The monoisotopic (exact) mass is 283 g/mol. The first-order valence-electron chi connectivity index (χ1n) is 6.19. The molecule has 6 heteroatoms. The Balaban J connectivity index is 2.40. The molecule has 0 radical (unpaired) electrons. The fourth-order valence-corrected chi connectivity index (χ4v) is 2.81. The number of carbonyl (C=O) groups is 1. The van der Waals surface area contributed by atoms with Gasteiger partial charge in [0.2, 0.25) is 0 Å². The van der Waals surface area contributed by atoms with Crippen molar-refractivity contribution in [2.24, 2.45) is 5.73 Å². The van der Waals surface area contributed by atoms with E-state index >= 15 is 0 Å². The summed E-state index contributed by atoms with van der Waals surface area (Å²) in [6.07, 6.45) is 2.13. The van der Waals surface area contributed by atoms with E-state index in [9.17, 15) is 4.79 Å². The van der Waals surface area contributed by atoms with Gasteiger partial charge in [0.1, 0.15) is 0 Å². The van der Waals surface area contributed by atoms with E-state index in [2.05, 4.69) is 0 Å². The maximum Gasteiger partial charge on any atom is 0.250 e. The molecule has 19 heavy (non-hydrogen) atoms. The normalized spacial score (nSPS) is 19.5. The first kappa shape index (κ1) is 14.0. The van der Waals surface area contributed by atoms with E-state index in [1.807, 2.05) is 4.90 Å². The zero-order valence-corrected chi connectivity index (χ0v) is 11.6. The second-order valence-electron chi connectivity index (χ2n) is 4.71. The van der Waals surface area contributed by atoms with E-state index in [-0.39, 0.29) is 6.10 Å². The number of benzene rings is 1. The molecule has 1 aliphatic rings. The number of rotatable bonds is 3. The minimum atomic E-state index is -0.524. The summed E-state index contributed by atoms with van der Waals surface area (Å²) in [5.41, 5.74) is 12.6. The van der Waals surface area contributed by atoms with Crippen LogP contribution in [-0.4, -0.2) is 32.2 Å². The largest absolute Gasteiger partial charge is 0.399 e. The minimum absolute atomic E-state index is 0.142. The van der Waals surface area contributed by atoms with Crippen molar-refractivity contribution in [3.05, 3.63) is 22.7 Å². The molecule has 4 N–H and O–H groups in total. The number of nitrogens with zero attached hydrogens (tertiary/aromatic N) is 1. The molecule has 1 saturated heterocycles. The average Bonchev–Trinajstić information content (AvgIpc) is 2.37. The highest BCUT2D eigenvalue weighted by Gasteiger charge is 2.25. The highest BCUT2D eigenvalue weighted by atomic mass is 35.5. The summed E-state index contributed by atoms with van der Waals surface area (Å²) in [7, 11) is 1.69. The molecule has 1 aromatic carbocycles. The Morgan fingerprint density at radius 2 is 2.26 bits per heavy atom. The average molecular weight is 284 g/mol. The van der Waals surface area contributed by atoms with Gasteiger partial charge in [-0.3, -0.25) is 4.79 Å². The van der Waals surface area contributed by atoms with Crippen LogP contribution in [0.25, 0.3) is 0 Å². The summed E-state index contributed by atoms with van der Waals surface area (Å²) in [6.45, 7) is 1.52. The Hall–Kier alpha value is -1.46. The van der Waals surface area contributed by atoms with E-state index in [0.29, 0.717) is 28.5 Å². The van der Waals surface area contributed by atoms with Crippen LogP contribution < -0.4 is 16.4 Å². The second-order valence-corrected chi connectivity index (χ2v) is 5.12. The quantitative estimate of drug-likeness (QED) is 0.826. The number of halogens is 1. The lowest BCUT2D eigenvalue weighted by Gasteiger charge is -2.35. The van der Waals surface area contributed by atoms with E-state index < -0.39 is 5.91 Å². The molecular weight excluding hydrogens is 266 g/mol. The van der Waals surface area contributed by atoms with Crippen LogP contribution >= 0.6 is 11.6 Å². The van der Waals surface area contributed by atoms with Crippen LogP contribution in [-0.2, 0) is 4.74 Å². The van der Waals surface area contributed by atoms with Crippen LogP contribution in [0.15, 0.2) is 12.1 Å². The molecule has 0 aliphatic carbocycles. The Morgan fingerprint density at radius 1 is 1.53 bits per heavy atom. The summed E-state index contributed by atoms with van der Waals surface area (Å²) >= 11 is 6.23. The predicted octanol–water partition coefficient (Wildman–Crippen LogP) is 1.64. The molecular formula is C13H18ClN3O2. The topological polar surface area (TPSA) is 81.6 Å². The lowest BCUT2D eigenvalue weighted by Crippen LogP contribution is -2.40. The lowest BCUT2D eigenvalue weighted by atomic mass is 10.0. The number of hydrogen-bond donors (Lipinski definition) is 2. The summed E-state index contributed by atoms with van der Waals surface area (Å²) in [5, 5.41) is 0.450. The molecule has 1 atom stereocenters. The number of methoxy groups -OCH3 is 1. The van der Waals surface area contributed by atoms with Gasteiger partial charge < -0.3 is 21.1 Å². The number of ether oxygens (including phenoxy) is 1. The van der Waals surface area contributed by atoms with Crippen molar-refractivity contribution in [2.75, 3.05) is 30.8 Å². The molecule has 0 bridgehead atoms. The van der Waals surface area contributed by atoms with Gasteiger partial charge in [0.05, 0.1) is 22.4 Å². The number of piperidine rings is 1. The molecule has 2 rings (SSSR count). The van der Waals surface area contributed by atoms with E-state index in [4.69, 9.17) is 27.8 Å². The number of hydrogen-bond acceptors (Lipinski definition) is 4. The number of carbonyl (C=O) groups excluding carboxylic acids is 1. The van der Waals surface area contributed by atoms with Gasteiger partial charge in [-0.15, -0.1) is 0 Å². The third-order valence-electron chi connectivity index (χ3n) is 3.38. The third kappa shape index (κ3) is 2.93. The number of anilines is 2. The van der Waals surface area contributed by atoms with Crippen LogP contribution in [0.5, 0.6) is 0 Å². The van der Waals surface area contributed by atoms with Crippen molar-refractivity contribution in [3.63, 3.8) is 0 Å². The van der Waals surface area contributed by atoms with Gasteiger partial charge >= 0.3 is 0 Å². The highest BCUT2D eigenvalue weighted by molar-refractivity contribution is 6.34. The van der Waals surface area contributed by atoms with Crippen LogP contribution in [0.1, 0.15) is 23.2 Å². The number of amides is 1. The first-order valence-corrected chi connectivity index (χ1v) is 6.57. The van der Waals surface area contributed by atoms with Gasteiger partial charge in [-0.05, 0) is 25.0 Å². The maximum absolute atomic E-state index is 11.6. The van der Waals surface area contributed by atoms with Crippen LogP contribution in [0.3, 0.4) is 0 Å². The summed E-state index contributed by atoms with van der Waals surface area (Å²) in [5.74, 6) is -0.524. The van der Waals surface area contributed by atoms with Crippen molar-refractivity contribution in [2.45, 2.75) is 18.9 Å². The fourth-order valence-electron chi connectivity index (χ4n) is 2.46. The Bertz CT molecular complexity index is 493. The van der Waals surface area contributed by atoms with Gasteiger partial charge in [0.15, 0.2) is 0 Å². The van der Waals surface area contributed by atoms with Crippen LogP contribution in [0, 0.1) is 0 Å². The van der Waals surface area contributed by atoms with Crippen molar-refractivity contribution in [1.82, 2.24) is 0 Å². The molecule has 104 valence electrons. The molecule has 1 unspecified atom stereocenters. The molecule has 1 aromatic rings. The zero-order valence-electron chi connectivity index (χ0n) is 10.9. The predicted molar refractivity (Wildman–Crippen MR) is 76.6 cm³/mol. The summed E-state index contributed by atoms with van der Waals surface area (Å²) in [4.78, 5) is 13.6. The molecule has 5 nitrogen and oxygen atoms in total. The molecule has 0 aromatic heterocycles. The molecule has 1 heterocycles. The van der Waals surface area contributed by atoms with E-state index in [1.165, 1.54) is 0 Å². The van der Waals surface area contributed by atoms with Crippen molar-refractivity contribution in [3.8, 4) is 0 Å². The van der Waals surface area contributed by atoms with Crippen LogP contribution in [0.4, 0.5) is 11.4 Å². The van der Waals surface area contributed by atoms with E-state index in [0.717, 1.165) is 19.4 Å². The Kier molecular flexibility index (Phi) is 4.17. The second kappa shape index (κ2) is 5.67. The smallest absolute Gasteiger partial charge is 0.250 e. The summed E-state index contributed by atoms with van der Waals surface area (Å²) in [6, 6.07) is 3.21. The number of primary amides is 1. The Morgan fingerprint density at radius 3 is 2.89 bits per heavy atom. The first-order chi connectivity index (χ1) is 9.02. The van der Waals surface area contributed by atoms with Gasteiger partial charge in [-0.1, -0.05) is 11.6 Å². The molecule has 0 saturated carbocycles. The van der Waals surface area contributed by atoms with Crippen molar-refractivity contribution >= 4 is 28.9 Å². The molecule has 1 amide bonds. The van der Waals surface area contributed by atoms with Crippen molar-refractivity contribution < 1.29 is 9.53 Å². The number of nitrogen functional groups attached to an aromatic ring is 1. The lowest BCUT2D eigenvalue weighted by molar-refractivity contribution is 0.0890. The van der Waals surface area contributed by atoms with Gasteiger partial charge in [0.25, 0.3) is 5.91 Å². The fraction of sp³-hybridized carbons (Fsp3) is 0.462. The molecule has 1 fully saturated rings. The zero-order chi connectivity index (χ0) is 14.0. The third-order valence-corrected chi connectivity index (χ3v) is 3.67. The SMILES string of the molecule is COC1CCCN(c2c(Cl)cc(N)cc2C(N)=O)C1. The van der Waals surface area contributed by atoms with Gasteiger partial charge in [-0.25, -0.2) is 0 Å². The Labute approximate surface area is 117 Å².